The van der Waals surface area contributed by atoms with E-state index in [9.17, 15) is 4.79 Å². The van der Waals surface area contributed by atoms with E-state index in [4.69, 9.17) is 10.4 Å². The topological polar surface area (TPSA) is 66.8 Å². The first-order valence-electron chi connectivity index (χ1n) is 8.85. The van der Waals surface area contributed by atoms with E-state index in [-0.39, 0.29) is 6.42 Å². The highest BCUT2D eigenvalue weighted by Gasteiger charge is 2.16. The van der Waals surface area contributed by atoms with Crippen LogP contribution in [0.5, 0.6) is 0 Å². The largest absolute Gasteiger partial charge is 0.479 e. The van der Waals surface area contributed by atoms with Gasteiger partial charge in [-0.05, 0) is 44.9 Å². The van der Waals surface area contributed by atoms with Gasteiger partial charge in [0.25, 0.3) is 0 Å². The molecule has 136 valence electrons. The molecule has 2 N–H and O–H groups in total. The van der Waals surface area contributed by atoms with Gasteiger partial charge in [0.1, 0.15) is 0 Å². The van der Waals surface area contributed by atoms with E-state index in [1.54, 1.807) is 0 Å². The van der Waals surface area contributed by atoms with Crippen LogP contribution in [0.15, 0.2) is 48.6 Å². The molecule has 0 saturated heterocycles. The number of aliphatic carboxylic acids is 1. The summed E-state index contributed by atoms with van der Waals surface area (Å²) in [6, 6.07) is 0. The Morgan fingerprint density at radius 2 is 1.38 bits per heavy atom. The lowest BCUT2D eigenvalue weighted by atomic mass is 10.2. The zero-order chi connectivity index (χ0) is 17.9. The van der Waals surface area contributed by atoms with Crippen molar-refractivity contribution in [1.29, 1.82) is 0 Å². The van der Waals surface area contributed by atoms with Crippen LogP contribution in [0.4, 0.5) is 0 Å². The fourth-order valence-electron chi connectivity index (χ4n) is 2.03. The molecule has 24 heavy (non-hydrogen) atoms. The van der Waals surface area contributed by atoms with Crippen LogP contribution in [0, 0.1) is 0 Å². The third-order valence-corrected chi connectivity index (χ3v) is 3.46. The van der Waals surface area contributed by atoms with Gasteiger partial charge in [-0.1, -0.05) is 68.4 Å². The molecule has 0 aliphatic carbocycles. The van der Waals surface area contributed by atoms with Crippen LogP contribution in [0.2, 0.25) is 0 Å². The average Bonchev–Trinajstić information content (AvgIpc) is 2.57. The third kappa shape index (κ3) is 15.3. The molecule has 0 rings (SSSR count). The molecule has 1 atom stereocenters. The van der Waals surface area contributed by atoms with Crippen LogP contribution in [-0.2, 0) is 9.68 Å². The van der Waals surface area contributed by atoms with Gasteiger partial charge in [-0.2, -0.15) is 0 Å². The summed E-state index contributed by atoms with van der Waals surface area (Å²) in [4.78, 5) is 14.5. The first kappa shape index (κ1) is 22.4. The Hall–Kier alpha value is -1.65. The van der Waals surface area contributed by atoms with Gasteiger partial charge in [-0.15, -0.1) is 0 Å². The molecule has 0 aliphatic heterocycles. The number of carbonyl (C=O) groups is 1. The van der Waals surface area contributed by atoms with Crippen LogP contribution in [0.3, 0.4) is 0 Å². The van der Waals surface area contributed by atoms with Crippen LogP contribution < -0.4 is 0 Å². The van der Waals surface area contributed by atoms with E-state index in [0.29, 0.717) is 6.42 Å². The normalized spacial score (nSPS) is 13.8. The zero-order valence-corrected chi connectivity index (χ0v) is 14.8. The molecular formula is C20H32O4. The van der Waals surface area contributed by atoms with E-state index < -0.39 is 12.1 Å². The van der Waals surface area contributed by atoms with E-state index in [1.807, 2.05) is 12.2 Å². The number of hydrogen-bond donors (Lipinski definition) is 2. The predicted octanol–water partition coefficient (Wildman–Crippen LogP) is 5.68. The maximum Gasteiger partial charge on any atom is 0.336 e. The Bertz CT molecular complexity index is 408. The van der Waals surface area contributed by atoms with Crippen molar-refractivity contribution in [3.63, 3.8) is 0 Å². The van der Waals surface area contributed by atoms with Gasteiger partial charge in [0, 0.05) is 0 Å². The molecule has 0 radical (unpaired) electrons. The Morgan fingerprint density at radius 3 is 1.83 bits per heavy atom. The molecule has 0 aromatic rings. The molecule has 0 bridgehead atoms. The summed E-state index contributed by atoms with van der Waals surface area (Å²) < 4.78 is 0. The Labute approximate surface area is 146 Å². The highest BCUT2D eigenvalue weighted by molar-refractivity contribution is 5.72. The SMILES string of the molecule is CCCCC/C=C\C/C=C\C/C=C\C/C=C\CC[C@H](OO)C(=O)O. The first-order valence-corrected chi connectivity index (χ1v) is 8.85. The minimum absolute atomic E-state index is 0.265. The second-order valence-corrected chi connectivity index (χ2v) is 5.60. The minimum Gasteiger partial charge on any atom is -0.479 e. The summed E-state index contributed by atoms with van der Waals surface area (Å²) >= 11 is 0. The quantitative estimate of drug-likeness (QED) is 0.175. The van der Waals surface area contributed by atoms with Gasteiger partial charge in [0.2, 0.25) is 0 Å². The summed E-state index contributed by atoms with van der Waals surface area (Å²) in [5, 5.41) is 17.1. The Morgan fingerprint density at radius 1 is 0.875 bits per heavy atom. The maximum atomic E-state index is 10.6. The molecule has 0 aromatic heterocycles. The lowest BCUT2D eigenvalue weighted by molar-refractivity contribution is -0.277. The van der Waals surface area contributed by atoms with Crippen molar-refractivity contribution < 1.29 is 20.0 Å². The summed E-state index contributed by atoms with van der Waals surface area (Å²) in [7, 11) is 0. The van der Waals surface area contributed by atoms with Crippen LogP contribution in [-0.4, -0.2) is 22.4 Å². The highest BCUT2D eigenvalue weighted by atomic mass is 17.1. The summed E-state index contributed by atoms with van der Waals surface area (Å²) in [5.74, 6) is -1.15. The summed E-state index contributed by atoms with van der Waals surface area (Å²) in [6.07, 6.45) is 24.4. The van der Waals surface area contributed by atoms with Crippen LogP contribution in [0.1, 0.15) is 64.7 Å². The Balaban J connectivity index is 3.56. The number of carboxylic acid groups (broad SMARTS) is 1. The predicted molar refractivity (Wildman–Crippen MR) is 98.9 cm³/mol. The number of carboxylic acids is 1. The first-order chi connectivity index (χ1) is 11.7. The number of allylic oxidation sites excluding steroid dienone is 8. The van der Waals surface area contributed by atoms with Crippen LogP contribution >= 0.6 is 0 Å². The monoisotopic (exact) mass is 336 g/mol. The molecule has 0 fully saturated rings. The van der Waals surface area contributed by atoms with E-state index in [1.165, 1.54) is 25.7 Å². The lowest BCUT2D eigenvalue weighted by Gasteiger charge is -2.05. The van der Waals surface area contributed by atoms with Crippen molar-refractivity contribution in [3.8, 4) is 0 Å². The van der Waals surface area contributed by atoms with Gasteiger partial charge in [-0.25, -0.2) is 9.68 Å². The maximum absolute atomic E-state index is 10.6. The molecule has 0 aliphatic rings. The molecule has 0 spiro atoms. The highest BCUT2D eigenvalue weighted by Crippen LogP contribution is 2.03. The second-order valence-electron chi connectivity index (χ2n) is 5.60. The fourth-order valence-corrected chi connectivity index (χ4v) is 2.03. The lowest BCUT2D eigenvalue weighted by Crippen LogP contribution is -2.21. The minimum atomic E-state index is -1.15. The molecule has 0 saturated carbocycles. The molecule has 0 heterocycles. The second kappa shape index (κ2) is 17.7. The standard InChI is InChI=1S/C20H32O4/c1-2-3-4-5-6-7-8-9-10-11-12-13-14-15-16-17-18-19(24-23)20(21)22/h6-7,9-10,12-13,15-16,19,23H,2-5,8,11,14,17-18H2,1H3,(H,21,22)/b7-6-,10-9-,13-12-,16-15-/t19-/m0/s1. The van der Waals surface area contributed by atoms with Crippen molar-refractivity contribution in [3.05, 3.63) is 48.6 Å². The van der Waals surface area contributed by atoms with Gasteiger partial charge < -0.3 is 5.11 Å². The van der Waals surface area contributed by atoms with E-state index in [2.05, 4.69) is 48.3 Å². The average molecular weight is 336 g/mol. The van der Waals surface area contributed by atoms with Crippen molar-refractivity contribution >= 4 is 5.97 Å². The third-order valence-electron chi connectivity index (χ3n) is 3.46. The van der Waals surface area contributed by atoms with Gasteiger partial charge in [-0.3, -0.25) is 5.26 Å². The smallest absolute Gasteiger partial charge is 0.336 e. The molecule has 4 heteroatoms. The van der Waals surface area contributed by atoms with Gasteiger partial charge in [0.05, 0.1) is 0 Å². The van der Waals surface area contributed by atoms with Crippen molar-refractivity contribution in [2.75, 3.05) is 0 Å². The molecule has 0 aromatic carbocycles. The molecule has 0 unspecified atom stereocenters. The number of hydrogen-bond acceptors (Lipinski definition) is 3. The van der Waals surface area contributed by atoms with Gasteiger partial charge >= 0.3 is 5.97 Å². The van der Waals surface area contributed by atoms with Crippen molar-refractivity contribution in [2.45, 2.75) is 70.8 Å². The Kier molecular flexibility index (Phi) is 16.5. The molecular weight excluding hydrogens is 304 g/mol. The van der Waals surface area contributed by atoms with Gasteiger partial charge in [0.15, 0.2) is 6.10 Å². The molecule has 0 amide bonds. The number of unbranched alkanes of at least 4 members (excludes halogenated alkanes) is 3. The number of rotatable bonds is 15. The summed E-state index contributed by atoms with van der Waals surface area (Å²) in [6.45, 7) is 2.22. The van der Waals surface area contributed by atoms with Crippen molar-refractivity contribution in [1.82, 2.24) is 0 Å². The van der Waals surface area contributed by atoms with E-state index >= 15 is 0 Å². The summed E-state index contributed by atoms with van der Waals surface area (Å²) in [5.41, 5.74) is 0. The molecule has 4 nitrogen and oxygen atoms in total. The zero-order valence-electron chi connectivity index (χ0n) is 14.8. The van der Waals surface area contributed by atoms with Crippen LogP contribution in [0.25, 0.3) is 0 Å². The van der Waals surface area contributed by atoms with Crippen molar-refractivity contribution in [2.24, 2.45) is 0 Å². The van der Waals surface area contributed by atoms with E-state index in [0.717, 1.165) is 19.3 Å². The fraction of sp³-hybridized carbons (Fsp3) is 0.550.